The van der Waals surface area contributed by atoms with E-state index in [-0.39, 0.29) is 6.42 Å². The first-order valence-electron chi connectivity index (χ1n) is 5.12. The number of carbonyl (C=O) groups is 1. The van der Waals surface area contributed by atoms with Gasteiger partial charge >= 0.3 is 12.3 Å². The van der Waals surface area contributed by atoms with Crippen LogP contribution in [-0.2, 0) is 10.3 Å². The molecule has 1 amide bonds. The molecule has 0 aliphatic heterocycles. The third kappa shape index (κ3) is 2.80. The van der Waals surface area contributed by atoms with Gasteiger partial charge < -0.3 is 5.32 Å². The molecule has 0 radical (unpaired) electrons. The van der Waals surface area contributed by atoms with E-state index in [0.717, 1.165) is 11.3 Å². The molecule has 0 unspecified atom stereocenters. The Morgan fingerprint density at radius 2 is 2.17 bits per heavy atom. The molecule has 0 saturated carbocycles. The number of carbonyl (C=O) groups excluding carboxylic acids is 1. The molecule has 1 heterocycles. The fourth-order valence-corrected chi connectivity index (χ4v) is 2.05. The van der Waals surface area contributed by atoms with Crippen LogP contribution in [0.1, 0.15) is 25.3 Å². The highest BCUT2D eigenvalue weighted by Crippen LogP contribution is 2.29. The van der Waals surface area contributed by atoms with E-state index in [1.807, 2.05) is 5.32 Å². The number of hydrogen-bond acceptors (Lipinski definition) is 3. The van der Waals surface area contributed by atoms with E-state index in [4.69, 9.17) is 0 Å². The Morgan fingerprint density at radius 3 is 2.56 bits per heavy atom. The van der Waals surface area contributed by atoms with Gasteiger partial charge in [-0.15, -0.1) is 11.3 Å². The minimum Gasteiger partial charge on any atom is -0.339 e. The van der Waals surface area contributed by atoms with Crippen LogP contribution in [0.2, 0.25) is 0 Å². The minimum absolute atomic E-state index is 0.256. The van der Waals surface area contributed by atoms with Crippen LogP contribution in [0.3, 0.4) is 0 Å². The Labute approximate surface area is 105 Å². The van der Waals surface area contributed by atoms with Crippen molar-refractivity contribution in [2.75, 3.05) is 0 Å². The Kier molecular flexibility index (Phi) is 4.31. The quantitative estimate of drug-likeness (QED) is 0.845. The predicted molar refractivity (Wildman–Crippen MR) is 58.9 cm³/mol. The molecule has 8 heteroatoms. The molecular weight excluding hydrogens is 272 g/mol. The smallest absolute Gasteiger partial charge is 0.339 e. The van der Waals surface area contributed by atoms with Crippen LogP contribution in [0.15, 0.2) is 11.6 Å². The van der Waals surface area contributed by atoms with Crippen LogP contribution in [0.25, 0.3) is 0 Å². The van der Waals surface area contributed by atoms with Crippen molar-refractivity contribution in [3.05, 3.63) is 16.6 Å². The third-order valence-electron chi connectivity index (χ3n) is 2.58. The summed E-state index contributed by atoms with van der Waals surface area (Å²) in [6.45, 7) is 3.10. The number of alkyl halides is 4. The van der Waals surface area contributed by atoms with E-state index in [0.29, 0.717) is 5.01 Å². The largest absolute Gasteiger partial charge is 0.383 e. The van der Waals surface area contributed by atoms with Gasteiger partial charge in [-0.05, 0) is 13.3 Å². The van der Waals surface area contributed by atoms with Gasteiger partial charge in [0.1, 0.15) is 5.01 Å². The maximum Gasteiger partial charge on any atom is 0.383 e. The summed E-state index contributed by atoms with van der Waals surface area (Å²) in [5.41, 5.74) is -1.18. The molecule has 1 atom stereocenters. The zero-order valence-corrected chi connectivity index (χ0v) is 10.5. The van der Waals surface area contributed by atoms with Crippen LogP contribution in [0, 0.1) is 0 Å². The average Bonchev–Trinajstić information content (AvgIpc) is 2.82. The van der Waals surface area contributed by atoms with Crippen LogP contribution in [0.4, 0.5) is 17.6 Å². The van der Waals surface area contributed by atoms with Gasteiger partial charge in [0.25, 0.3) is 5.91 Å². The Morgan fingerprint density at radius 1 is 1.56 bits per heavy atom. The average molecular weight is 284 g/mol. The van der Waals surface area contributed by atoms with Crippen molar-refractivity contribution in [1.82, 2.24) is 10.3 Å². The number of halogens is 4. The van der Waals surface area contributed by atoms with Gasteiger partial charge in [0, 0.05) is 11.6 Å². The van der Waals surface area contributed by atoms with Crippen molar-refractivity contribution < 1.29 is 22.4 Å². The number of nitrogens with one attached hydrogen (secondary N) is 1. The predicted octanol–water partition coefficient (Wildman–Crippen LogP) is 2.78. The van der Waals surface area contributed by atoms with Crippen molar-refractivity contribution in [1.29, 1.82) is 0 Å². The van der Waals surface area contributed by atoms with Gasteiger partial charge in [-0.2, -0.15) is 8.78 Å². The van der Waals surface area contributed by atoms with Crippen molar-refractivity contribution in [2.45, 2.75) is 38.2 Å². The molecule has 1 aromatic rings. The summed E-state index contributed by atoms with van der Waals surface area (Å²) in [5.74, 6) is -6.69. The lowest BCUT2D eigenvalue weighted by atomic mass is 9.99. The van der Waals surface area contributed by atoms with Crippen LogP contribution in [0.5, 0.6) is 0 Å². The maximum atomic E-state index is 12.9. The van der Waals surface area contributed by atoms with Gasteiger partial charge in [-0.25, -0.2) is 13.8 Å². The molecule has 1 N–H and O–H groups in total. The summed E-state index contributed by atoms with van der Waals surface area (Å²) in [5, 5.41) is 3.95. The first-order chi connectivity index (χ1) is 8.24. The molecule has 1 rings (SSSR count). The van der Waals surface area contributed by atoms with Gasteiger partial charge in [-0.3, -0.25) is 4.79 Å². The lowest BCUT2D eigenvalue weighted by molar-refractivity contribution is -0.171. The van der Waals surface area contributed by atoms with E-state index < -0.39 is 23.8 Å². The Bertz CT molecular complexity index is 410. The van der Waals surface area contributed by atoms with Crippen LogP contribution < -0.4 is 5.32 Å². The molecule has 102 valence electrons. The lowest BCUT2D eigenvalue weighted by Gasteiger charge is -2.29. The Hall–Kier alpha value is -1.18. The molecule has 0 aliphatic carbocycles. The van der Waals surface area contributed by atoms with E-state index in [2.05, 4.69) is 4.98 Å². The first kappa shape index (κ1) is 14.9. The number of amides is 1. The van der Waals surface area contributed by atoms with Gasteiger partial charge in [-0.1, -0.05) is 6.92 Å². The zero-order valence-electron chi connectivity index (χ0n) is 9.71. The zero-order chi connectivity index (χ0) is 14.0. The molecule has 3 nitrogen and oxygen atoms in total. The normalized spacial score (nSPS) is 15.5. The van der Waals surface area contributed by atoms with Crippen LogP contribution >= 0.6 is 11.3 Å². The number of hydrogen-bond donors (Lipinski definition) is 1. The second kappa shape index (κ2) is 5.21. The summed E-state index contributed by atoms with van der Waals surface area (Å²) in [6, 6.07) is 0. The number of aromatic nitrogens is 1. The third-order valence-corrected chi connectivity index (χ3v) is 3.61. The molecule has 1 aromatic heterocycles. The monoisotopic (exact) mass is 284 g/mol. The fourth-order valence-electron chi connectivity index (χ4n) is 1.22. The first-order valence-corrected chi connectivity index (χ1v) is 6.00. The van der Waals surface area contributed by atoms with E-state index in [1.54, 1.807) is 12.3 Å². The van der Waals surface area contributed by atoms with Crippen LogP contribution in [-0.4, -0.2) is 23.2 Å². The number of rotatable bonds is 5. The summed E-state index contributed by atoms with van der Waals surface area (Å²) in [4.78, 5) is 15.1. The SMILES string of the molecule is CC[C@](C)(NC(=O)C(F)(F)C(F)F)c1nccs1. The van der Waals surface area contributed by atoms with Crippen molar-refractivity contribution in [2.24, 2.45) is 0 Å². The van der Waals surface area contributed by atoms with Crippen molar-refractivity contribution in [3.63, 3.8) is 0 Å². The standard InChI is InChI=1S/C10H12F4N2OS/c1-3-9(2,8-15-4-5-18-8)16-7(17)10(13,14)6(11)12/h4-6H,3H2,1-2H3,(H,16,17)/t9-/m0/s1. The van der Waals surface area contributed by atoms with E-state index >= 15 is 0 Å². The molecule has 0 spiro atoms. The Balaban J connectivity index is 2.91. The number of thiazole rings is 1. The number of nitrogens with zero attached hydrogens (tertiary/aromatic N) is 1. The molecule has 0 saturated heterocycles. The summed E-state index contributed by atoms with van der Waals surface area (Å²) < 4.78 is 49.9. The maximum absolute atomic E-state index is 12.9. The highest BCUT2D eigenvalue weighted by atomic mass is 32.1. The molecule has 0 bridgehead atoms. The summed E-state index contributed by atoms with van der Waals surface area (Å²) >= 11 is 1.16. The second-order valence-electron chi connectivity index (χ2n) is 3.90. The molecule has 0 aromatic carbocycles. The van der Waals surface area contributed by atoms with E-state index in [9.17, 15) is 22.4 Å². The highest BCUT2D eigenvalue weighted by molar-refractivity contribution is 7.09. The summed E-state index contributed by atoms with van der Waals surface area (Å²) in [7, 11) is 0. The summed E-state index contributed by atoms with van der Waals surface area (Å²) in [6.07, 6.45) is -2.33. The van der Waals surface area contributed by atoms with Gasteiger partial charge in [0.15, 0.2) is 0 Å². The highest BCUT2D eigenvalue weighted by Gasteiger charge is 2.50. The van der Waals surface area contributed by atoms with Gasteiger partial charge in [0.2, 0.25) is 0 Å². The van der Waals surface area contributed by atoms with Crippen molar-refractivity contribution in [3.8, 4) is 0 Å². The molecule has 0 aliphatic rings. The minimum atomic E-state index is -4.70. The molecule has 0 fully saturated rings. The van der Waals surface area contributed by atoms with Gasteiger partial charge in [0.05, 0.1) is 5.54 Å². The lowest BCUT2D eigenvalue weighted by Crippen LogP contribution is -2.52. The molecule has 18 heavy (non-hydrogen) atoms. The topological polar surface area (TPSA) is 42.0 Å². The van der Waals surface area contributed by atoms with Crippen molar-refractivity contribution >= 4 is 17.2 Å². The molecular formula is C10H12F4N2OS. The van der Waals surface area contributed by atoms with E-state index in [1.165, 1.54) is 13.1 Å². The fraction of sp³-hybridized carbons (Fsp3) is 0.600. The second-order valence-corrected chi connectivity index (χ2v) is 4.80.